The lowest BCUT2D eigenvalue weighted by Crippen LogP contribution is -2.45. The van der Waals surface area contributed by atoms with Gasteiger partial charge in [0.2, 0.25) is 5.91 Å². The first kappa shape index (κ1) is 67.6. The van der Waals surface area contributed by atoms with E-state index in [2.05, 4.69) is 31.3 Å². The maximum absolute atomic E-state index is 12.5. The van der Waals surface area contributed by atoms with Gasteiger partial charge < -0.3 is 20.3 Å². The molecule has 0 saturated heterocycles. The fraction of sp³-hybridized carbons (Fsp3) is 0.937. The summed E-state index contributed by atoms with van der Waals surface area (Å²) >= 11 is 0. The van der Waals surface area contributed by atoms with E-state index in [0.29, 0.717) is 25.9 Å². The number of esters is 1. The fourth-order valence-electron chi connectivity index (χ4n) is 9.99. The molecule has 0 fully saturated rings. The number of aliphatic hydroxyl groups excluding tert-OH is 2. The molecule has 410 valence electrons. The van der Waals surface area contributed by atoms with Gasteiger partial charge in [0.05, 0.1) is 25.4 Å². The normalized spacial score (nSPS) is 12.6. The van der Waals surface area contributed by atoms with Crippen LogP contribution < -0.4 is 5.32 Å². The zero-order valence-corrected chi connectivity index (χ0v) is 46.8. The van der Waals surface area contributed by atoms with Crippen molar-refractivity contribution in [1.29, 1.82) is 0 Å². The second-order valence-corrected chi connectivity index (χ2v) is 21.7. The molecule has 0 aromatic heterocycles. The van der Waals surface area contributed by atoms with Crippen molar-refractivity contribution in [1.82, 2.24) is 5.32 Å². The van der Waals surface area contributed by atoms with Crippen LogP contribution in [-0.4, -0.2) is 47.4 Å². The molecule has 0 radical (unpaired) electrons. The van der Waals surface area contributed by atoms with Gasteiger partial charge in [-0.3, -0.25) is 9.59 Å². The largest absolute Gasteiger partial charge is 0.466 e. The molecule has 0 rings (SSSR count). The monoisotopic (exact) mass is 974 g/mol. The Morgan fingerprint density at radius 1 is 0.391 bits per heavy atom. The maximum atomic E-state index is 12.5. The Hall–Kier alpha value is -1.40. The molecular formula is C63H123NO5. The molecular weight excluding hydrogens is 851 g/mol. The zero-order chi connectivity index (χ0) is 50.0. The number of aliphatic hydroxyl groups is 2. The Morgan fingerprint density at radius 3 is 1.03 bits per heavy atom. The second kappa shape index (κ2) is 59.2. The number of carbonyl (C=O) groups excluding carboxylic acids is 2. The predicted octanol–water partition coefficient (Wildman–Crippen LogP) is 19.6. The summed E-state index contributed by atoms with van der Waals surface area (Å²) in [5, 5.41) is 23.4. The third-order valence-corrected chi connectivity index (χ3v) is 14.8. The van der Waals surface area contributed by atoms with Crippen LogP contribution >= 0.6 is 0 Å². The van der Waals surface area contributed by atoms with Gasteiger partial charge in [0, 0.05) is 12.8 Å². The number of carbonyl (C=O) groups is 2. The highest BCUT2D eigenvalue weighted by Crippen LogP contribution is 2.18. The minimum atomic E-state index is -0.675. The molecule has 0 saturated carbocycles. The van der Waals surface area contributed by atoms with Gasteiger partial charge in [0.15, 0.2) is 0 Å². The van der Waals surface area contributed by atoms with Gasteiger partial charge in [-0.05, 0) is 51.4 Å². The van der Waals surface area contributed by atoms with E-state index >= 15 is 0 Å². The molecule has 2 atom stereocenters. The number of unbranched alkanes of at least 4 members (excludes halogenated alkanes) is 46. The van der Waals surface area contributed by atoms with Crippen LogP contribution in [0.15, 0.2) is 12.2 Å². The van der Waals surface area contributed by atoms with Gasteiger partial charge in [-0.2, -0.15) is 0 Å². The average molecular weight is 975 g/mol. The lowest BCUT2D eigenvalue weighted by molar-refractivity contribution is -0.143. The highest BCUT2D eigenvalue weighted by molar-refractivity contribution is 5.76. The zero-order valence-electron chi connectivity index (χ0n) is 46.8. The summed E-state index contributed by atoms with van der Waals surface area (Å²) in [6.45, 7) is 4.95. The molecule has 0 aromatic carbocycles. The first-order chi connectivity index (χ1) is 34.0. The minimum Gasteiger partial charge on any atom is -0.466 e. The third-order valence-electron chi connectivity index (χ3n) is 14.8. The quantitative estimate of drug-likeness (QED) is 0.0321. The standard InChI is InChI=1S/C63H123NO5/c1-3-5-7-9-11-13-15-17-19-20-21-22-23-24-25-28-31-35-39-43-47-51-55-61(66)60(59-65)64-62(67)56-52-48-44-40-36-32-29-26-30-34-38-42-46-50-54-58-69-63(68)57-53-49-45-41-37-33-27-18-16-14-12-10-8-6-4-2/h30,34,60-61,65-66H,3-29,31-33,35-59H2,1-2H3,(H,64,67)/b34-30-. The van der Waals surface area contributed by atoms with E-state index < -0.39 is 12.1 Å². The highest BCUT2D eigenvalue weighted by atomic mass is 16.5. The molecule has 1 amide bonds. The van der Waals surface area contributed by atoms with Crippen molar-refractivity contribution in [2.24, 2.45) is 0 Å². The molecule has 0 aliphatic rings. The summed E-state index contributed by atoms with van der Waals surface area (Å²) < 4.78 is 5.47. The summed E-state index contributed by atoms with van der Waals surface area (Å²) in [4.78, 5) is 24.6. The molecule has 6 nitrogen and oxygen atoms in total. The Balaban J connectivity index is 3.45. The van der Waals surface area contributed by atoms with E-state index in [1.54, 1.807) is 0 Å². The molecule has 3 N–H and O–H groups in total. The Labute approximate surface area is 431 Å². The lowest BCUT2D eigenvalue weighted by Gasteiger charge is -2.22. The molecule has 0 heterocycles. The van der Waals surface area contributed by atoms with Crippen LogP contribution in [0.1, 0.15) is 354 Å². The predicted molar refractivity (Wildman–Crippen MR) is 301 cm³/mol. The molecule has 0 aromatic rings. The highest BCUT2D eigenvalue weighted by Gasteiger charge is 2.20. The summed E-state index contributed by atoms with van der Waals surface area (Å²) in [6, 6.07) is -0.553. The maximum Gasteiger partial charge on any atom is 0.305 e. The molecule has 0 aliphatic carbocycles. The van der Waals surface area contributed by atoms with E-state index in [-0.39, 0.29) is 18.5 Å². The van der Waals surface area contributed by atoms with Gasteiger partial charge in [0.1, 0.15) is 0 Å². The van der Waals surface area contributed by atoms with Crippen molar-refractivity contribution in [2.75, 3.05) is 13.2 Å². The molecule has 6 heteroatoms. The van der Waals surface area contributed by atoms with Crippen molar-refractivity contribution in [3.8, 4) is 0 Å². The van der Waals surface area contributed by atoms with Crippen molar-refractivity contribution < 1.29 is 24.5 Å². The van der Waals surface area contributed by atoms with E-state index in [1.165, 1.54) is 250 Å². The lowest BCUT2D eigenvalue weighted by atomic mass is 10.0. The van der Waals surface area contributed by atoms with Crippen LogP contribution in [0.5, 0.6) is 0 Å². The first-order valence-corrected chi connectivity index (χ1v) is 31.4. The Kier molecular flexibility index (Phi) is 58.0. The summed E-state index contributed by atoms with van der Waals surface area (Å²) in [7, 11) is 0. The van der Waals surface area contributed by atoms with Gasteiger partial charge in [0.25, 0.3) is 0 Å². The Bertz CT molecular complexity index is 1030. The molecule has 0 bridgehead atoms. The molecule has 0 aliphatic heterocycles. The first-order valence-electron chi connectivity index (χ1n) is 31.4. The van der Waals surface area contributed by atoms with Crippen molar-refractivity contribution >= 4 is 11.9 Å². The number of ether oxygens (including phenoxy) is 1. The van der Waals surface area contributed by atoms with Crippen molar-refractivity contribution in [3.05, 3.63) is 12.2 Å². The minimum absolute atomic E-state index is 0.00600. The van der Waals surface area contributed by atoms with E-state index in [0.717, 1.165) is 70.6 Å². The van der Waals surface area contributed by atoms with Gasteiger partial charge in [-0.15, -0.1) is 0 Å². The van der Waals surface area contributed by atoms with E-state index in [4.69, 9.17) is 4.74 Å². The Morgan fingerprint density at radius 2 is 0.681 bits per heavy atom. The molecule has 69 heavy (non-hydrogen) atoms. The van der Waals surface area contributed by atoms with Gasteiger partial charge >= 0.3 is 5.97 Å². The van der Waals surface area contributed by atoms with E-state index in [1.807, 2.05) is 0 Å². The number of rotatable bonds is 59. The van der Waals surface area contributed by atoms with Crippen LogP contribution in [0.4, 0.5) is 0 Å². The van der Waals surface area contributed by atoms with Gasteiger partial charge in [-0.1, -0.05) is 302 Å². The number of hydrogen-bond acceptors (Lipinski definition) is 5. The van der Waals surface area contributed by atoms with Crippen LogP contribution in [0.3, 0.4) is 0 Å². The van der Waals surface area contributed by atoms with Crippen LogP contribution in [0.25, 0.3) is 0 Å². The van der Waals surface area contributed by atoms with E-state index in [9.17, 15) is 19.8 Å². The molecule has 2 unspecified atom stereocenters. The summed E-state index contributed by atoms with van der Waals surface area (Å²) in [6.07, 6.45) is 70.7. The van der Waals surface area contributed by atoms with Gasteiger partial charge in [-0.25, -0.2) is 0 Å². The average Bonchev–Trinajstić information content (AvgIpc) is 3.35. The van der Waals surface area contributed by atoms with Crippen LogP contribution in [0.2, 0.25) is 0 Å². The number of hydrogen-bond donors (Lipinski definition) is 3. The number of allylic oxidation sites excluding steroid dienone is 2. The second-order valence-electron chi connectivity index (χ2n) is 21.7. The number of amides is 1. The topological polar surface area (TPSA) is 95.9 Å². The fourth-order valence-corrected chi connectivity index (χ4v) is 9.99. The summed E-state index contributed by atoms with van der Waals surface area (Å²) in [5.74, 6) is -0.0519. The smallest absolute Gasteiger partial charge is 0.305 e. The van der Waals surface area contributed by atoms with Crippen molar-refractivity contribution in [3.63, 3.8) is 0 Å². The SMILES string of the molecule is CCCCCCCCCCCCCCCCCCCCCCCCC(O)C(CO)NC(=O)CCCCCCCCC/C=C\CCCCCCOC(=O)CCCCCCCCCCCCCCCCC. The molecule has 0 spiro atoms. The third kappa shape index (κ3) is 55.8. The van der Waals surface area contributed by atoms with Crippen LogP contribution in [0, 0.1) is 0 Å². The summed E-state index contributed by atoms with van der Waals surface area (Å²) in [5.41, 5.74) is 0. The van der Waals surface area contributed by atoms with Crippen molar-refractivity contribution in [2.45, 2.75) is 366 Å². The van der Waals surface area contributed by atoms with Crippen LogP contribution in [-0.2, 0) is 14.3 Å². The number of nitrogens with one attached hydrogen (secondary N) is 1.